The highest BCUT2D eigenvalue weighted by atomic mass is 16.6. The van der Waals surface area contributed by atoms with Gasteiger partial charge in [-0.3, -0.25) is 9.69 Å². The predicted octanol–water partition coefficient (Wildman–Crippen LogP) is 2.32. The van der Waals surface area contributed by atoms with E-state index in [0.29, 0.717) is 5.92 Å². The Morgan fingerprint density at radius 1 is 1.35 bits per heavy atom. The van der Waals surface area contributed by atoms with Gasteiger partial charge in [-0.25, -0.2) is 4.98 Å². The summed E-state index contributed by atoms with van der Waals surface area (Å²) in [5.74, 6) is 1.69. The van der Waals surface area contributed by atoms with Crippen LogP contribution < -0.4 is 4.90 Å². The van der Waals surface area contributed by atoms with Crippen molar-refractivity contribution in [2.24, 2.45) is 5.92 Å². The summed E-state index contributed by atoms with van der Waals surface area (Å²) in [5.41, 5.74) is 0. The fourth-order valence-electron chi connectivity index (χ4n) is 3.73. The molecule has 5 heteroatoms. The predicted molar refractivity (Wildman–Crippen MR) is 90.4 cm³/mol. The monoisotopic (exact) mass is 317 g/mol. The number of carbonyl (C=O) groups excluding carboxylic acids is 1. The molecule has 2 aliphatic heterocycles. The third-order valence-corrected chi connectivity index (χ3v) is 5.07. The number of esters is 1. The van der Waals surface area contributed by atoms with Gasteiger partial charge >= 0.3 is 5.97 Å². The molecule has 0 aromatic carbocycles. The number of anilines is 1. The lowest BCUT2D eigenvalue weighted by molar-refractivity contribution is -0.144. The van der Waals surface area contributed by atoms with E-state index >= 15 is 0 Å². The van der Waals surface area contributed by atoms with E-state index in [2.05, 4.69) is 27.8 Å². The van der Waals surface area contributed by atoms with Crippen LogP contribution in [-0.2, 0) is 9.53 Å². The molecular formula is C18H27N3O2. The quantitative estimate of drug-likeness (QED) is 0.780. The van der Waals surface area contributed by atoms with Crippen molar-refractivity contribution < 1.29 is 9.53 Å². The minimum absolute atomic E-state index is 0.0368. The maximum absolute atomic E-state index is 12.0. The molecule has 2 atom stereocenters. The molecule has 23 heavy (non-hydrogen) atoms. The molecule has 5 nitrogen and oxygen atoms in total. The van der Waals surface area contributed by atoms with Gasteiger partial charge in [0, 0.05) is 32.3 Å². The Labute approximate surface area is 138 Å². The van der Waals surface area contributed by atoms with Gasteiger partial charge in [0.05, 0.1) is 0 Å². The van der Waals surface area contributed by atoms with Crippen molar-refractivity contribution in [3.05, 3.63) is 24.4 Å². The minimum atomic E-state index is -0.0381. The summed E-state index contributed by atoms with van der Waals surface area (Å²) in [7, 11) is 0. The van der Waals surface area contributed by atoms with Crippen molar-refractivity contribution in [3.8, 4) is 0 Å². The van der Waals surface area contributed by atoms with Gasteiger partial charge in [-0.05, 0) is 44.4 Å². The van der Waals surface area contributed by atoms with Crippen molar-refractivity contribution in [3.63, 3.8) is 0 Å². The van der Waals surface area contributed by atoms with Crippen LogP contribution in [-0.4, -0.2) is 54.2 Å². The molecule has 0 N–H and O–H groups in total. The Balaban J connectivity index is 1.52. The molecule has 2 fully saturated rings. The van der Waals surface area contributed by atoms with Crippen LogP contribution in [0.25, 0.3) is 0 Å². The molecular weight excluding hydrogens is 290 g/mol. The SMILES string of the molecule is CCN(CC1CCN(c2ccccn2)CC1)[C@H]1C[C@@H](C)OC1=O. The Kier molecular flexibility index (Phi) is 5.16. The van der Waals surface area contributed by atoms with E-state index in [1.807, 2.05) is 25.3 Å². The number of aromatic nitrogens is 1. The fraction of sp³-hybridized carbons (Fsp3) is 0.667. The zero-order valence-electron chi connectivity index (χ0n) is 14.1. The second-order valence-corrected chi connectivity index (χ2v) is 6.70. The van der Waals surface area contributed by atoms with Crippen LogP contribution in [0.5, 0.6) is 0 Å². The maximum atomic E-state index is 12.0. The molecule has 1 aromatic rings. The van der Waals surface area contributed by atoms with Gasteiger partial charge < -0.3 is 9.64 Å². The van der Waals surface area contributed by atoms with Gasteiger partial charge in [0.25, 0.3) is 0 Å². The average molecular weight is 317 g/mol. The summed E-state index contributed by atoms with van der Waals surface area (Å²) < 4.78 is 5.32. The van der Waals surface area contributed by atoms with Gasteiger partial charge in [0.2, 0.25) is 0 Å². The van der Waals surface area contributed by atoms with Crippen LogP contribution in [0, 0.1) is 5.92 Å². The number of hydrogen-bond acceptors (Lipinski definition) is 5. The van der Waals surface area contributed by atoms with E-state index in [1.54, 1.807) is 0 Å². The largest absolute Gasteiger partial charge is 0.461 e. The number of ether oxygens (including phenoxy) is 1. The molecule has 0 unspecified atom stereocenters. The molecule has 0 bridgehead atoms. The lowest BCUT2D eigenvalue weighted by atomic mass is 9.95. The smallest absolute Gasteiger partial charge is 0.323 e. The molecule has 2 aliphatic rings. The molecule has 0 aliphatic carbocycles. The van der Waals surface area contributed by atoms with E-state index in [9.17, 15) is 4.79 Å². The lowest BCUT2D eigenvalue weighted by Crippen LogP contribution is -2.44. The molecule has 0 amide bonds. The van der Waals surface area contributed by atoms with E-state index in [4.69, 9.17) is 4.74 Å². The molecule has 1 aromatic heterocycles. The Hall–Kier alpha value is -1.62. The van der Waals surface area contributed by atoms with Crippen molar-refractivity contribution in [2.45, 2.75) is 45.3 Å². The number of pyridine rings is 1. The first kappa shape index (κ1) is 16.2. The second-order valence-electron chi connectivity index (χ2n) is 6.70. The minimum Gasteiger partial charge on any atom is -0.461 e. The molecule has 0 saturated carbocycles. The molecule has 3 heterocycles. The van der Waals surface area contributed by atoms with Crippen molar-refractivity contribution in [1.29, 1.82) is 0 Å². The Morgan fingerprint density at radius 3 is 2.70 bits per heavy atom. The zero-order chi connectivity index (χ0) is 16.2. The normalized spacial score (nSPS) is 25.9. The van der Waals surface area contributed by atoms with Crippen LogP contribution in [0.1, 0.15) is 33.1 Å². The van der Waals surface area contributed by atoms with E-state index in [1.165, 1.54) is 0 Å². The number of likely N-dealkylation sites (N-methyl/N-ethyl adjacent to an activating group) is 1. The average Bonchev–Trinajstić information content (AvgIpc) is 2.92. The summed E-state index contributed by atoms with van der Waals surface area (Å²) >= 11 is 0. The maximum Gasteiger partial charge on any atom is 0.323 e. The van der Waals surface area contributed by atoms with Gasteiger partial charge in [-0.1, -0.05) is 13.0 Å². The van der Waals surface area contributed by atoms with Crippen molar-refractivity contribution in [2.75, 3.05) is 31.1 Å². The topological polar surface area (TPSA) is 45.7 Å². The van der Waals surface area contributed by atoms with Crippen molar-refractivity contribution in [1.82, 2.24) is 9.88 Å². The van der Waals surface area contributed by atoms with Crippen LogP contribution in [0.3, 0.4) is 0 Å². The zero-order valence-corrected chi connectivity index (χ0v) is 14.1. The van der Waals surface area contributed by atoms with Crippen LogP contribution >= 0.6 is 0 Å². The molecule has 3 rings (SSSR count). The summed E-state index contributed by atoms with van der Waals surface area (Å²) in [6, 6.07) is 6.04. The summed E-state index contributed by atoms with van der Waals surface area (Å²) in [6.45, 7) is 8.12. The lowest BCUT2D eigenvalue weighted by Gasteiger charge is -2.36. The number of carbonyl (C=O) groups is 1. The molecule has 0 radical (unpaired) electrons. The third kappa shape index (κ3) is 3.83. The number of cyclic esters (lactones) is 1. The summed E-state index contributed by atoms with van der Waals surface area (Å²) in [4.78, 5) is 21.1. The van der Waals surface area contributed by atoms with Gasteiger partial charge in [0.15, 0.2) is 0 Å². The number of hydrogen-bond donors (Lipinski definition) is 0. The first-order valence-corrected chi connectivity index (χ1v) is 8.78. The molecule has 126 valence electrons. The Bertz CT molecular complexity index is 514. The second kappa shape index (κ2) is 7.30. The fourth-order valence-corrected chi connectivity index (χ4v) is 3.73. The van der Waals surface area contributed by atoms with Gasteiger partial charge in [-0.15, -0.1) is 0 Å². The molecule has 2 saturated heterocycles. The van der Waals surface area contributed by atoms with Crippen LogP contribution in [0.4, 0.5) is 5.82 Å². The van der Waals surface area contributed by atoms with Crippen molar-refractivity contribution >= 4 is 11.8 Å². The van der Waals surface area contributed by atoms with E-state index < -0.39 is 0 Å². The highest BCUT2D eigenvalue weighted by Crippen LogP contribution is 2.25. The first-order chi connectivity index (χ1) is 11.2. The third-order valence-electron chi connectivity index (χ3n) is 5.07. The van der Waals surface area contributed by atoms with E-state index in [-0.39, 0.29) is 18.1 Å². The van der Waals surface area contributed by atoms with Gasteiger partial charge in [-0.2, -0.15) is 0 Å². The van der Waals surface area contributed by atoms with E-state index in [0.717, 1.165) is 51.3 Å². The summed E-state index contributed by atoms with van der Waals surface area (Å²) in [5, 5.41) is 0. The Morgan fingerprint density at radius 2 is 2.13 bits per heavy atom. The summed E-state index contributed by atoms with van der Waals surface area (Å²) in [6.07, 6.45) is 5.06. The van der Waals surface area contributed by atoms with Crippen LogP contribution in [0.15, 0.2) is 24.4 Å². The highest BCUT2D eigenvalue weighted by molar-refractivity contribution is 5.77. The first-order valence-electron chi connectivity index (χ1n) is 8.78. The number of rotatable bonds is 5. The highest BCUT2D eigenvalue weighted by Gasteiger charge is 2.36. The standard InChI is InChI=1S/C18H27N3O2/c1-3-20(16-12-14(2)23-18(16)22)13-15-7-10-21(11-8-15)17-6-4-5-9-19-17/h4-6,9,14-16H,3,7-8,10-13H2,1-2H3/t14-,16+/m1/s1. The molecule has 0 spiro atoms. The van der Waals surface area contributed by atoms with Gasteiger partial charge in [0.1, 0.15) is 18.0 Å². The number of piperidine rings is 1. The van der Waals surface area contributed by atoms with Crippen LogP contribution in [0.2, 0.25) is 0 Å². The number of nitrogens with zero attached hydrogens (tertiary/aromatic N) is 3.